The van der Waals surface area contributed by atoms with Crippen LogP contribution in [0.15, 0.2) is 35.7 Å². The lowest BCUT2D eigenvalue weighted by Crippen LogP contribution is -2.42. The van der Waals surface area contributed by atoms with Crippen molar-refractivity contribution in [3.63, 3.8) is 0 Å². The molecule has 0 N–H and O–H groups in total. The molecule has 140 valence electrons. The van der Waals surface area contributed by atoms with Crippen molar-refractivity contribution in [2.75, 3.05) is 13.1 Å². The minimum absolute atomic E-state index is 0.197. The first-order valence-corrected chi connectivity index (χ1v) is 11.6. The molecule has 1 amide bonds. The maximum absolute atomic E-state index is 12.7. The fraction of sp³-hybridized carbons (Fsp3) is 0.474. The third-order valence-corrected chi connectivity index (χ3v) is 7.64. The lowest BCUT2D eigenvalue weighted by atomic mass is 10.2. The van der Waals surface area contributed by atoms with Crippen LogP contribution in [0, 0.1) is 0 Å². The SMILES string of the molecule is C[C@H](C(=O)N1CCCCCC1)S(=O)(=O)Cc1csc(-c2ccccc2)n1. The highest BCUT2D eigenvalue weighted by Gasteiger charge is 2.32. The summed E-state index contributed by atoms with van der Waals surface area (Å²) in [5.74, 6) is -0.470. The number of hydrogen-bond donors (Lipinski definition) is 0. The largest absolute Gasteiger partial charge is 0.342 e. The Kier molecular flexibility index (Phi) is 6.09. The highest BCUT2D eigenvalue weighted by Crippen LogP contribution is 2.25. The number of likely N-dealkylation sites (tertiary alicyclic amines) is 1. The Hall–Kier alpha value is -1.73. The second-order valence-corrected chi connectivity index (χ2v) is 9.88. The van der Waals surface area contributed by atoms with E-state index in [0.717, 1.165) is 36.3 Å². The summed E-state index contributed by atoms with van der Waals surface area (Å²) in [6.07, 6.45) is 4.11. The third-order valence-electron chi connectivity index (χ3n) is 4.73. The van der Waals surface area contributed by atoms with E-state index in [-0.39, 0.29) is 11.7 Å². The van der Waals surface area contributed by atoms with Crippen molar-refractivity contribution in [1.29, 1.82) is 0 Å². The van der Waals surface area contributed by atoms with Crippen LogP contribution in [0.5, 0.6) is 0 Å². The minimum atomic E-state index is -3.59. The molecule has 0 bridgehead atoms. The van der Waals surface area contributed by atoms with Gasteiger partial charge < -0.3 is 4.90 Å². The Labute approximate surface area is 159 Å². The zero-order valence-electron chi connectivity index (χ0n) is 14.9. The van der Waals surface area contributed by atoms with Crippen LogP contribution in [0.3, 0.4) is 0 Å². The normalized spacial score (nSPS) is 16.9. The molecule has 0 spiro atoms. The molecule has 26 heavy (non-hydrogen) atoms. The molecule has 3 rings (SSSR count). The summed E-state index contributed by atoms with van der Waals surface area (Å²) in [5.41, 5.74) is 1.47. The number of nitrogens with zero attached hydrogens (tertiary/aromatic N) is 2. The topological polar surface area (TPSA) is 67.3 Å². The van der Waals surface area contributed by atoms with Crippen molar-refractivity contribution in [2.45, 2.75) is 43.6 Å². The van der Waals surface area contributed by atoms with Crippen LogP contribution in [0.25, 0.3) is 10.6 Å². The maximum atomic E-state index is 12.7. The number of amides is 1. The molecule has 1 fully saturated rings. The van der Waals surface area contributed by atoms with Crippen LogP contribution >= 0.6 is 11.3 Å². The third kappa shape index (κ3) is 4.51. The predicted molar refractivity (Wildman–Crippen MR) is 105 cm³/mol. The van der Waals surface area contributed by atoms with Gasteiger partial charge in [0.15, 0.2) is 9.84 Å². The second kappa shape index (κ2) is 8.31. The summed E-state index contributed by atoms with van der Waals surface area (Å²) >= 11 is 1.42. The minimum Gasteiger partial charge on any atom is -0.342 e. The molecule has 1 aliphatic rings. The zero-order chi connectivity index (χ0) is 18.6. The van der Waals surface area contributed by atoms with E-state index in [1.165, 1.54) is 18.3 Å². The molecule has 1 saturated heterocycles. The van der Waals surface area contributed by atoms with Crippen LogP contribution in [0.2, 0.25) is 0 Å². The van der Waals surface area contributed by atoms with E-state index in [1.54, 1.807) is 10.3 Å². The van der Waals surface area contributed by atoms with Crippen LogP contribution < -0.4 is 0 Å². The molecule has 1 aromatic heterocycles. The Morgan fingerprint density at radius 2 is 1.81 bits per heavy atom. The van der Waals surface area contributed by atoms with Gasteiger partial charge in [0.1, 0.15) is 10.3 Å². The summed E-state index contributed by atoms with van der Waals surface area (Å²) in [6, 6.07) is 9.67. The van der Waals surface area contributed by atoms with E-state index in [2.05, 4.69) is 4.98 Å². The van der Waals surface area contributed by atoms with Crippen LogP contribution in [-0.4, -0.2) is 42.5 Å². The van der Waals surface area contributed by atoms with Crippen molar-refractivity contribution in [3.8, 4) is 10.6 Å². The van der Waals surface area contributed by atoms with Gasteiger partial charge in [-0.3, -0.25) is 4.79 Å². The van der Waals surface area contributed by atoms with Gasteiger partial charge >= 0.3 is 0 Å². The number of rotatable bonds is 5. The molecule has 1 atom stereocenters. The highest BCUT2D eigenvalue weighted by atomic mass is 32.2. The molecular formula is C19H24N2O3S2. The van der Waals surface area contributed by atoms with Gasteiger partial charge in [0, 0.05) is 24.0 Å². The maximum Gasteiger partial charge on any atom is 0.240 e. The molecule has 7 heteroatoms. The highest BCUT2D eigenvalue weighted by molar-refractivity contribution is 7.92. The van der Waals surface area contributed by atoms with Gasteiger partial charge in [-0.05, 0) is 19.8 Å². The molecule has 5 nitrogen and oxygen atoms in total. The molecule has 2 heterocycles. The van der Waals surface area contributed by atoms with E-state index < -0.39 is 15.1 Å². The average Bonchev–Trinajstić information content (AvgIpc) is 2.92. The molecule has 0 radical (unpaired) electrons. The first kappa shape index (κ1) is 19.0. The van der Waals surface area contributed by atoms with Crippen molar-refractivity contribution < 1.29 is 13.2 Å². The number of sulfone groups is 1. The molecule has 0 aliphatic carbocycles. The zero-order valence-corrected chi connectivity index (χ0v) is 16.6. The van der Waals surface area contributed by atoms with E-state index >= 15 is 0 Å². The van der Waals surface area contributed by atoms with E-state index in [9.17, 15) is 13.2 Å². The summed E-state index contributed by atoms with van der Waals surface area (Å²) in [5, 5.41) is 1.54. The number of carbonyl (C=O) groups is 1. The van der Waals surface area contributed by atoms with Gasteiger partial charge in [-0.1, -0.05) is 43.2 Å². The van der Waals surface area contributed by atoms with Crippen LogP contribution in [-0.2, 0) is 20.4 Å². The molecule has 0 unspecified atom stereocenters. The van der Waals surface area contributed by atoms with Gasteiger partial charge in [0.05, 0.1) is 11.4 Å². The first-order valence-electron chi connectivity index (χ1n) is 8.97. The quantitative estimate of drug-likeness (QED) is 0.781. The van der Waals surface area contributed by atoms with Gasteiger partial charge in [-0.25, -0.2) is 13.4 Å². The van der Waals surface area contributed by atoms with Crippen molar-refractivity contribution in [2.24, 2.45) is 0 Å². The average molecular weight is 393 g/mol. The molecule has 1 aliphatic heterocycles. The van der Waals surface area contributed by atoms with Crippen LogP contribution in [0.4, 0.5) is 0 Å². The van der Waals surface area contributed by atoms with E-state index in [0.29, 0.717) is 18.8 Å². The summed E-state index contributed by atoms with van der Waals surface area (Å²) in [6.45, 7) is 2.83. The molecule has 1 aromatic carbocycles. The number of carbonyl (C=O) groups excluding carboxylic acids is 1. The Morgan fingerprint density at radius 1 is 1.15 bits per heavy atom. The van der Waals surface area contributed by atoms with Crippen molar-refractivity contribution in [3.05, 3.63) is 41.4 Å². The lowest BCUT2D eigenvalue weighted by Gasteiger charge is -2.23. The molecule has 0 saturated carbocycles. The van der Waals surface area contributed by atoms with Gasteiger partial charge in [0.25, 0.3) is 0 Å². The monoisotopic (exact) mass is 392 g/mol. The van der Waals surface area contributed by atoms with E-state index in [4.69, 9.17) is 0 Å². The smallest absolute Gasteiger partial charge is 0.240 e. The Bertz CT molecular complexity index is 839. The lowest BCUT2D eigenvalue weighted by molar-refractivity contribution is -0.130. The summed E-state index contributed by atoms with van der Waals surface area (Å²) in [4.78, 5) is 18.8. The van der Waals surface area contributed by atoms with Gasteiger partial charge in [-0.2, -0.15) is 0 Å². The number of benzene rings is 1. The second-order valence-electron chi connectivity index (χ2n) is 6.70. The van der Waals surface area contributed by atoms with Crippen molar-refractivity contribution in [1.82, 2.24) is 9.88 Å². The fourth-order valence-corrected chi connectivity index (χ4v) is 5.32. The Balaban J connectivity index is 1.70. The predicted octanol–water partition coefficient (Wildman–Crippen LogP) is 3.52. The van der Waals surface area contributed by atoms with Crippen LogP contribution in [0.1, 0.15) is 38.3 Å². The number of thiazole rings is 1. The van der Waals surface area contributed by atoms with Gasteiger partial charge in [-0.15, -0.1) is 11.3 Å². The summed E-state index contributed by atoms with van der Waals surface area (Å²) < 4.78 is 25.5. The first-order chi connectivity index (χ1) is 12.5. The van der Waals surface area contributed by atoms with Crippen molar-refractivity contribution >= 4 is 27.1 Å². The Morgan fingerprint density at radius 3 is 2.46 bits per heavy atom. The van der Waals surface area contributed by atoms with E-state index in [1.807, 2.05) is 30.3 Å². The standard InChI is InChI=1S/C19H24N2O3S2/c1-15(19(22)21-11-7-2-3-8-12-21)26(23,24)14-17-13-25-18(20-17)16-9-5-4-6-10-16/h4-6,9-10,13,15H,2-3,7-8,11-12,14H2,1H3/t15-/m1/s1. The number of hydrogen-bond acceptors (Lipinski definition) is 5. The summed E-state index contributed by atoms with van der Waals surface area (Å²) in [7, 11) is -3.59. The number of aromatic nitrogens is 1. The molecule has 2 aromatic rings. The molecular weight excluding hydrogens is 368 g/mol. The fourth-order valence-electron chi connectivity index (χ4n) is 3.12. The van der Waals surface area contributed by atoms with Gasteiger partial charge in [0.2, 0.25) is 5.91 Å².